The summed E-state index contributed by atoms with van der Waals surface area (Å²) in [6.45, 7) is 10.8. The van der Waals surface area contributed by atoms with E-state index in [1.807, 2.05) is 50.8 Å². The lowest BCUT2D eigenvalue weighted by molar-refractivity contribution is -0.119. The first-order valence-electron chi connectivity index (χ1n) is 12.9. The molecule has 1 amide bonds. The molecule has 2 aromatic heterocycles. The lowest BCUT2D eigenvalue weighted by Gasteiger charge is -2.29. The van der Waals surface area contributed by atoms with Crippen LogP contribution in [0.1, 0.15) is 63.2 Å². The molecule has 190 valence electrons. The number of fused-ring (bicyclic) bond motifs is 1. The molecule has 0 N–H and O–H groups in total. The number of rotatable bonds is 6. The molecule has 0 atom stereocenters. The number of amides is 1. The maximum atomic E-state index is 12.9. The van der Waals surface area contributed by atoms with Crippen LogP contribution in [0.15, 0.2) is 48.5 Å². The van der Waals surface area contributed by atoms with E-state index in [0.29, 0.717) is 25.2 Å². The lowest BCUT2D eigenvalue weighted by Crippen LogP contribution is -2.36. The molecule has 0 aliphatic carbocycles. The number of nitrogens with zero attached hydrogens (tertiary/aromatic N) is 7. The molecule has 0 bridgehead atoms. The van der Waals surface area contributed by atoms with E-state index in [1.54, 1.807) is 4.80 Å². The Hall–Kier alpha value is -3.94. The quantitative estimate of drug-likeness (QED) is 0.361. The zero-order valence-electron chi connectivity index (χ0n) is 22.2. The van der Waals surface area contributed by atoms with Gasteiger partial charge < -0.3 is 0 Å². The van der Waals surface area contributed by atoms with Crippen molar-refractivity contribution in [1.82, 2.24) is 30.2 Å². The fourth-order valence-electron chi connectivity index (χ4n) is 4.65. The maximum absolute atomic E-state index is 12.9. The summed E-state index contributed by atoms with van der Waals surface area (Å²) in [6.07, 6.45) is 2.96. The van der Waals surface area contributed by atoms with E-state index >= 15 is 0 Å². The van der Waals surface area contributed by atoms with Gasteiger partial charge in [-0.05, 0) is 62.4 Å². The second-order valence-electron chi connectivity index (χ2n) is 10.6. The third kappa shape index (κ3) is 5.01. The molecular formula is C29H33N7O. The highest BCUT2D eigenvalue weighted by Gasteiger charge is 2.28. The molecule has 37 heavy (non-hydrogen) atoms. The first kappa shape index (κ1) is 24.7. The van der Waals surface area contributed by atoms with Crippen LogP contribution in [0.4, 0.5) is 5.82 Å². The molecule has 3 heterocycles. The summed E-state index contributed by atoms with van der Waals surface area (Å²) >= 11 is 0. The van der Waals surface area contributed by atoms with Gasteiger partial charge in [0.25, 0.3) is 0 Å². The van der Waals surface area contributed by atoms with Gasteiger partial charge >= 0.3 is 0 Å². The van der Waals surface area contributed by atoms with Crippen LogP contribution in [-0.4, -0.2) is 36.1 Å². The van der Waals surface area contributed by atoms with Crippen LogP contribution in [0, 0.1) is 6.92 Å². The van der Waals surface area contributed by atoms with Gasteiger partial charge in [0.1, 0.15) is 11.6 Å². The molecule has 0 unspecified atom stereocenters. The molecule has 0 saturated heterocycles. The summed E-state index contributed by atoms with van der Waals surface area (Å²) in [5.41, 5.74) is 5.90. The van der Waals surface area contributed by atoms with Crippen LogP contribution in [0.25, 0.3) is 22.5 Å². The minimum absolute atomic E-state index is 0.107. The van der Waals surface area contributed by atoms with Crippen LogP contribution in [0.3, 0.4) is 0 Å². The van der Waals surface area contributed by atoms with Crippen LogP contribution in [0.5, 0.6) is 0 Å². The summed E-state index contributed by atoms with van der Waals surface area (Å²) in [6, 6.07) is 16.4. The van der Waals surface area contributed by atoms with Crippen LogP contribution in [0.2, 0.25) is 0 Å². The second-order valence-corrected chi connectivity index (χ2v) is 10.6. The molecule has 0 radical (unpaired) electrons. The minimum atomic E-state index is -0.243. The molecule has 1 aliphatic rings. The number of aromatic nitrogens is 6. The van der Waals surface area contributed by atoms with Crippen molar-refractivity contribution < 1.29 is 4.79 Å². The third-order valence-corrected chi connectivity index (χ3v) is 6.64. The van der Waals surface area contributed by atoms with Gasteiger partial charge in [-0.15, -0.1) is 10.2 Å². The van der Waals surface area contributed by atoms with E-state index in [-0.39, 0.29) is 11.4 Å². The first-order valence-corrected chi connectivity index (χ1v) is 12.9. The Labute approximate surface area is 217 Å². The number of hydrogen-bond acceptors (Lipinski definition) is 6. The Balaban J connectivity index is 1.43. The van der Waals surface area contributed by atoms with E-state index < -0.39 is 0 Å². The fourth-order valence-corrected chi connectivity index (χ4v) is 4.65. The van der Waals surface area contributed by atoms with Crippen LogP contribution in [-0.2, 0) is 29.7 Å². The van der Waals surface area contributed by atoms with Gasteiger partial charge in [0, 0.05) is 29.7 Å². The highest BCUT2D eigenvalue weighted by molar-refractivity contribution is 5.95. The number of tetrazole rings is 1. The molecule has 8 heteroatoms. The average Bonchev–Trinajstić information content (AvgIpc) is 3.38. The Bertz CT molecular complexity index is 1430. The summed E-state index contributed by atoms with van der Waals surface area (Å²) in [7, 11) is 0. The van der Waals surface area contributed by atoms with Crippen molar-refractivity contribution in [2.75, 3.05) is 4.90 Å². The minimum Gasteiger partial charge on any atom is -0.292 e. The van der Waals surface area contributed by atoms with Gasteiger partial charge in [-0.25, -0.2) is 9.97 Å². The molecule has 0 spiro atoms. The molecule has 1 aliphatic heterocycles. The summed E-state index contributed by atoms with van der Waals surface area (Å²) < 4.78 is 0. The third-order valence-electron chi connectivity index (χ3n) is 6.64. The first-order chi connectivity index (χ1) is 17.7. The van der Waals surface area contributed by atoms with E-state index in [1.165, 1.54) is 0 Å². The maximum Gasteiger partial charge on any atom is 0.228 e. The Morgan fingerprint density at radius 2 is 1.68 bits per heavy atom. The van der Waals surface area contributed by atoms with Crippen LogP contribution < -0.4 is 4.90 Å². The Morgan fingerprint density at radius 3 is 2.35 bits per heavy atom. The molecule has 0 saturated carbocycles. The normalized spacial score (nSPS) is 13.6. The predicted octanol–water partition coefficient (Wildman–Crippen LogP) is 5.29. The standard InChI is InChI=1S/C29H33N7O/c1-6-9-25-30-19(2)22-16-17-26(37)35(28(22)31-25)18-20-12-14-21(15-13-20)23-10-7-8-11-24(23)27-32-34-36(33-27)29(3,4)5/h7-8,10-15H,6,9,16-18H2,1-5H3. The number of carbonyl (C=O) groups excluding carboxylic acids is 1. The van der Waals surface area contributed by atoms with E-state index in [2.05, 4.69) is 57.7 Å². The van der Waals surface area contributed by atoms with Crippen LogP contribution >= 0.6 is 0 Å². The zero-order chi connectivity index (χ0) is 26.2. The Morgan fingerprint density at radius 1 is 0.946 bits per heavy atom. The van der Waals surface area contributed by atoms with Gasteiger partial charge in [-0.3, -0.25) is 9.69 Å². The molecule has 2 aromatic carbocycles. The van der Waals surface area contributed by atoms with Crippen molar-refractivity contribution in [2.24, 2.45) is 0 Å². The van der Waals surface area contributed by atoms with E-state index in [0.717, 1.165) is 58.0 Å². The van der Waals surface area contributed by atoms with Crippen molar-refractivity contribution in [1.29, 1.82) is 0 Å². The number of carbonyl (C=O) groups is 1. The molecule has 4 aromatic rings. The van der Waals surface area contributed by atoms with Crippen molar-refractivity contribution in [2.45, 2.75) is 72.4 Å². The molecule has 5 rings (SSSR count). The predicted molar refractivity (Wildman–Crippen MR) is 144 cm³/mol. The van der Waals surface area contributed by atoms with Crippen molar-refractivity contribution in [3.05, 3.63) is 71.2 Å². The molecule has 8 nitrogen and oxygen atoms in total. The van der Waals surface area contributed by atoms with Crippen molar-refractivity contribution in [3.8, 4) is 22.5 Å². The Kier molecular flexibility index (Phi) is 6.58. The topological polar surface area (TPSA) is 89.7 Å². The number of benzene rings is 2. The lowest BCUT2D eigenvalue weighted by atomic mass is 9.98. The van der Waals surface area contributed by atoms with E-state index in [4.69, 9.17) is 4.98 Å². The monoisotopic (exact) mass is 495 g/mol. The largest absolute Gasteiger partial charge is 0.292 e. The second kappa shape index (κ2) is 9.84. The smallest absolute Gasteiger partial charge is 0.228 e. The number of aryl methyl sites for hydroxylation is 2. The van der Waals surface area contributed by atoms with Gasteiger partial charge in [-0.2, -0.15) is 4.80 Å². The van der Waals surface area contributed by atoms with E-state index in [9.17, 15) is 4.79 Å². The number of hydrogen-bond donors (Lipinski definition) is 0. The highest BCUT2D eigenvalue weighted by atomic mass is 16.2. The molecular weight excluding hydrogens is 462 g/mol. The SMILES string of the molecule is CCCc1nc(C)c2c(n1)N(Cc1ccc(-c3ccccc3-c3nnn(C(C)(C)C)n3)cc1)C(=O)CC2. The summed E-state index contributed by atoms with van der Waals surface area (Å²) in [5.74, 6) is 2.29. The number of anilines is 1. The average molecular weight is 496 g/mol. The molecule has 0 fully saturated rings. The van der Waals surface area contributed by atoms with Crippen molar-refractivity contribution >= 4 is 11.7 Å². The van der Waals surface area contributed by atoms with Gasteiger partial charge in [0.2, 0.25) is 11.7 Å². The van der Waals surface area contributed by atoms with Gasteiger partial charge in [0.15, 0.2) is 0 Å². The fraction of sp³-hybridized carbons (Fsp3) is 0.379. The van der Waals surface area contributed by atoms with Gasteiger partial charge in [-0.1, -0.05) is 55.5 Å². The summed E-state index contributed by atoms with van der Waals surface area (Å²) in [5, 5.41) is 13.2. The zero-order valence-corrected chi connectivity index (χ0v) is 22.2. The summed E-state index contributed by atoms with van der Waals surface area (Å²) in [4.78, 5) is 25.9. The highest BCUT2D eigenvalue weighted by Crippen LogP contribution is 2.32. The van der Waals surface area contributed by atoms with Crippen molar-refractivity contribution in [3.63, 3.8) is 0 Å². The van der Waals surface area contributed by atoms with Gasteiger partial charge in [0.05, 0.1) is 12.1 Å².